The molecule has 1 aliphatic carbocycles. The summed E-state index contributed by atoms with van der Waals surface area (Å²) in [7, 11) is 0. The molecule has 3 aromatic carbocycles. The molecule has 7 heteroatoms. The van der Waals surface area contributed by atoms with Gasteiger partial charge in [0.15, 0.2) is 0 Å². The summed E-state index contributed by atoms with van der Waals surface area (Å²) in [4.78, 5) is 24.4. The van der Waals surface area contributed by atoms with Gasteiger partial charge in [0, 0.05) is 16.6 Å². The molecule has 0 radical (unpaired) electrons. The number of carbonyl (C=O) groups excluding carboxylic acids is 2. The van der Waals surface area contributed by atoms with Crippen molar-refractivity contribution in [2.75, 3.05) is 33.0 Å². The Hall–Kier alpha value is -4.20. The molecule has 0 aliphatic heterocycles. The van der Waals surface area contributed by atoms with E-state index in [1.165, 1.54) is 54.4 Å². The Balaban J connectivity index is 1.70. The van der Waals surface area contributed by atoms with Crippen molar-refractivity contribution in [1.29, 1.82) is 0 Å². The monoisotopic (exact) mass is 780 g/mol. The van der Waals surface area contributed by atoms with E-state index in [4.69, 9.17) is 14.2 Å². The molecule has 1 aliphatic rings. The summed E-state index contributed by atoms with van der Waals surface area (Å²) in [6, 6.07) is 20.3. The van der Waals surface area contributed by atoms with Crippen LogP contribution in [0.15, 0.2) is 78.9 Å². The Morgan fingerprint density at radius 1 is 0.684 bits per heavy atom. The van der Waals surface area contributed by atoms with Crippen molar-refractivity contribution in [3.8, 4) is 28.0 Å². The number of hydrogen-bond acceptors (Lipinski definition) is 7. The summed E-state index contributed by atoms with van der Waals surface area (Å²) in [5.74, 6) is 0.607. The predicted molar refractivity (Wildman–Crippen MR) is 232 cm³/mol. The van der Waals surface area contributed by atoms with Crippen LogP contribution >= 0.6 is 0 Å². The summed E-state index contributed by atoms with van der Waals surface area (Å²) < 4.78 is 17.6. The van der Waals surface area contributed by atoms with E-state index in [9.17, 15) is 19.8 Å². The molecule has 4 rings (SSSR count). The van der Waals surface area contributed by atoms with Crippen LogP contribution in [0.1, 0.15) is 133 Å². The minimum Gasteiger partial charge on any atom is -0.493 e. The second-order valence-electron chi connectivity index (χ2n) is 16.2. The van der Waals surface area contributed by atoms with Gasteiger partial charge in [0.25, 0.3) is 0 Å². The molecule has 0 heterocycles. The summed E-state index contributed by atoms with van der Waals surface area (Å²) in [5.41, 5.74) is 9.39. The molecule has 1 saturated carbocycles. The van der Waals surface area contributed by atoms with Crippen LogP contribution in [0.4, 0.5) is 0 Å². The van der Waals surface area contributed by atoms with Crippen LogP contribution in [0.25, 0.3) is 22.3 Å². The molecule has 0 saturated heterocycles. The zero-order valence-electron chi connectivity index (χ0n) is 35.3. The Morgan fingerprint density at radius 3 is 1.77 bits per heavy atom. The zero-order chi connectivity index (χ0) is 41.2. The Morgan fingerprint density at radius 2 is 1.25 bits per heavy atom. The van der Waals surface area contributed by atoms with Gasteiger partial charge in [0.2, 0.25) is 0 Å². The number of benzene rings is 3. The van der Waals surface area contributed by atoms with Gasteiger partial charge in [-0.15, -0.1) is 0 Å². The Kier molecular flexibility index (Phi) is 18.6. The van der Waals surface area contributed by atoms with E-state index in [0.717, 1.165) is 60.1 Å². The van der Waals surface area contributed by atoms with Crippen molar-refractivity contribution >= 4 is 11.9 Å². The molecular weight excluding hydrogens is 713 g/mol. The normalized spacial score (nSPS) is 13.3. The zero-order valence-corrected chi connectivity index (χ0v) is 35.3. The third-order valence-corrected chi connectivity index (χ3v) is 11.6. The second kappa shape index (κ2) is 23.3. The van der Waals surface area contributed by atoms with Crippen molar-refractivity contribution in [1.82, 2.24) is 0 Å². The number of aryl methyl sites for hydroxylation is 3. The van der Waals surface area contributed by atoms with Crippen molar-refractivity contribution in [3.63, 3.8) is 0 Å². The lowest BCUT2D eigenvalue weighted by molar-refractivity contribution is -0.139. The number of unbranched alkanes of at least 4 members (excludes halogenated alkanes) is 2. The topological polar surface area (TPSA) is 102 Å². The number of ether oxygens (including phenoxy) is 3. The van der Waals surface area contributed by atoms with Gasteiger partial charge in [-0.05, 0) is 134 Å². The first kappa shape index (κ1) is 45.5. The molecular formula is C50H68O7. The standard InChI is InChI=1S/C50H68O7/c1-7-9-13-26-50(34-51,35-52)27-30-55-47-43(18-14-28-56-48(53)36(3)4)32-45(33-44(47)19-15-29-57-49(54)37(5)6)46-25-24-42(31-38(46)8-2)41-22-20-40(21-23-41)39-16-11-10-12-17-39/h20-25,31-33,39,51-52H,3,5,7-19,26-30,34-35H2,1-2,4,6H3. The van der Waals surface area contributed by atoms with Crippen molar-refractivity contribution in [2.24, 2.45) is 5.41 Å². The third-order valence-electron chi connectivity index (χ3n) is 11.6. The quantitative estimate of drug-likeness (QED) is 0.0530. The van der Waals surface area contributed by atoms with E-state index < -0.39 is 17.4 Å². The predicted octanol–water partition coefficient (Wildman–Crippen LogP) is 11.1. The summed E-state index contributed by atoms with van der Waals surface area (Å²) in [5, 5.41) is 20.8. The smallest absolute Gasteiger partial charge is 0.333 e. The molecule has 0 bridgehead atoms. The molecule has 310 valence electrons. The molecule has 0 amide bonds. The van der Waals surface area contributed by atoms with E-state index >= 15 is 0 Å². The van der Waals surface area contributed by atoms with Crippen molar-refractivity contribution in [3.05, 3.63) is 101 Å². The van der Waals surface area contributed by atoms with E-state index in [1.807, 2.05) is 0 Å². The molecule has 0 spiro atoms. The maximum absolute atomic E-state index is 12.2. The molecule has 0 aromatic heterocycles. The molecule has 7 nitrogen and oxygen atoms in total. The van der Waals surface area contributed by atoms with Crippen LogP contribution in [-0.4, -0.2) is 55.2 Å². The molecule has 2 N–H and O–H groups in total. The second-order valence-corrected chi connectivity index (χ2v) is 16.2. The molecule has 57 heavy (non-hydrogen) atoms. The highest BCUT2D eigenvalue weighted by Crippen LogP contribution is 2.38. The average Bonchev–Trinajstić information content (AvgIpc) is 3.23. The number of aliphatic hydroxyl groups is 2. The number of aliphatic hydroxyl groups excluding tert-OH is 2. The van der Waals surface area contributed by atoms with Gasteiger partial charge in [-0.2, -0.15) is 0 Å². The lowest BCUT2D eigenvalue weighted by Crippen LogP contribution is -2.32. The fourth-order valence-corrected chi connectivity index (χ4v) is 7.91. The number of hydrogen-bond donors (Lipinski definition) is 2. The Bertz CT molecular complexity index is 1710. The average molecular weight is 781 g/mol. The van der Waals surface area contributed by atoms with Crippen LogP contribution in [0.5, 0.6) is 5.75 Å². The molecule has 0 unspecified atom stereocenters. The maximum atomic E-state index is 12.2. The van der Waals surface area contributed by atoms with Crippen LogP contribution in [-0.2, 0) is 38.3 Å². The summed E-state index contributed by atoms with van der Waals surface area (Å²) in [6.07, 6.45) is 14.0. The molecule has 0 atom stereocenters. The van der Waals surface area contributed by atoms with Crippen LogP contribution in [0.3, 0.4) is 0 Å². The number of carbonyl (C=O) groups is 2. The molecule has 3 aromatic rings. The van der Waals surface area contributed by atoms with E-state index in [-0.39, 0.29) is 26.4 Å². The lowest BCUT2D eigenvalue weighted by Gasteiger charge is -2.30. The maximum Gasteiger partial charge on any atom is 0.333 e. The van der Waals surface area contributed by atoms with Crippen molar-refractivity contribution < 1.29 is 34.0 Å². The van der Waals surface area contributed by atoms with Crippen LogP contribution < -0.4 is 4.74 Å². The number of rotatable bonds is 24. The van der Waals surface area contributed by atoms with Gasteiger partial charge in [0.05, 0.1) is 33.0 Å². The fourth-order valence-electron chi connectivity index (χ4n) is 7.91. The Labute approximate surface area is 342 Å². The van der Waals surface area contributed by atoms with Crippen molar-refractivity contribution in [2.45, 2.75) is 130 Å². The first-order valence-corrected chi connectivity index (χ1v) is 21.4. The molecule has 1 fully saturated rings. The van der Waals surface area contributed by atoms with E-state index in [2.05, 4.69) is 81.6 Å². The largest absolute Gasteiger partial charge is 0.493 e. The van der Waals surface area contributed by atoms with Gasteiger partial charge < -0.3 is 24.4 Å². The van der Waals surface area contributed by atoms with Gasteiger partial charge >= 0.3 is 11.9 Å². The SMILES string of the molecule is C=C(C)C(=O)OCCCc1cc(-c2ccc(-c3ccc(C4CCCCC4)cc3)cc2CC)cc(CCCOC(=O)C(=C)C)c1OCCC(CO)(CO)CCCCC. The summed E-state index contributed by atoms with van der Waals surface area (Å²) >= 11 is 0. The van der Waals surface area contributed by atoms with Crippen LogP contribution in [0.2, 0.25) is 0 Å². The first-order valence-electron chi connectivity index (χ1n) is 21.4. The minimum absolute atomic E-state index is 0.113. The number of esters is 2. The highest BCUT2D eigenvalue weighted by molar-refractivity contribution is 5.87. The van der Waals surface area contributed by atoms with Gasteiger partial charge in [-0.3, -0.25) is 0 Å². The fraction of sp³-hybridized carbons (Fsp3) is 0.520. The first-order chi connectivity index (χ1) is 27.5. The van der Waals surface area contributed by atoms with E-state index in [1.54, 1.807) is 13.8 Å². The van der Waals surface area contributed by atoms with E-state index in [0.29, 0.717) is 55.8 Å². The van der Waals surface area contributed by atoms with Gasteiger partial charge in [-0.25, -0.2) is 9.59 Å². The van der Waals surface area contributed by atoms with Gasteiger partial charge in [0.1, 0.15) is 5.75 Å². The van der Waals surface area contributed by atoms with Crippen LogP contribution in [0, 0.1) is 5.41 Å². The van der Waals surface area contributed by atoms with Gasteiger partial charge in [-0.1, -0.05) is 108 Å². The lowest BCUT2D eigenvalue weighted by atomic mass is 9.81. The minimum atomic E-state index is -0.628. The summed E-state index contributed by atoms with van der Waals surface area (Å²) in [6.45, 7) is 15.6. The third kappa shape index (κ3) is 13.4. The highest BCUT2D eigenvalue weighted by Gasteiger charge is 2.29. The highest BCUT2D eigenvalue weighted by atomic mass is 16.5.